The fraction of sp³-hybridized carbons (Fsp3) is 0.190. The highest BCUT2D eigenvalue weighted by Gasteiger charge is 2.16. The molecule has 1 amide bonds. The molecule has 0 aliphatic carbocycles. The zero-order chi connectivity index (χ0) is 21.7. The van der Waals surface area contributed by atoms with Crippen molar-refractivity contribution in [2.75, 3.05) is 13.4 Å². The number of nitrogens with zero attached hydrogens (tertiary/aromatic N) is 4. The highest BCUT2D eigenvalue weighted by atomic mass is 32.2. The number of carbonyl (C=O) groups excluding carboxylic acids is 1. The third-order valence-corrected chi connectivity index (χ3v) is 4.66. The van der Waals surface area contributed by atoms with Crippen LogP contribution in [0.5, 0.6) is 5.75 Å². The topological polar surface area (TPSA) is 110 Å². The lowest BCUT2D eigenvalue weighted by Crippen LogP contribution is -2.14. The molecule has 30 heavy (non-hydrogen) atoms. The van der Waals surface area contributed by atoms with Crippen LogP contribution in [0, 0.1) is 13.8 Å². The second kappa shape index (κ2) is 9.36. The van der Waals surface area contributed by atoms with Gasteiger partial charge in [0.25, 0.3) is 0 Å². The number of ether oxygens (including phenoxy) is 1. The predicted molar refractivity (Wildman–Crippen MR) is 117 cm³/mol. The van der Waals surface area contributed by atoms with Crippen LogP contribution in [0.15, 0.2) is 57.0 Å². The SMILES string of the molecule is COC(=O)N=C(SC)C(=Nc1ccc(-c2noc(C)n2)cc1)c1cc(C)cc(O)c1. The first-order valence-electron chi connectivity index (χ1n) is 8.91. The highest BCUT2D eigenvalue weighted by Crippen LogP contribution is 2.24. The molecule has 0 saturated heterocycles. The molecule has 0 saturated carbocycles. The van der Waals surface area contributed by atoms with Crippen molar-refractivity contribution in [3.05, 3.63) is 59.5 Å². The van der Waals surface area contributed by atoms with E-state index in [4.69, 9.17) is 9.52 Å². The second-order valence-corrected chi connectivity index (χ2v) is 7.09. The molecule has 0 spiro atoms. The van der Waals surface area contributed by atoms with E-state index in [0.717, 1.165) is 11.1 Å². The van der Waals surface area contributed by atoms with Crippen molar-refractivity contribution in [3.63, 3.8) is 0 Å². The number of hydrogen-bond acceptors (Lipinski definition) is 8. The van der Waals surface area contributed by atoms with E-state index < -0.39 is 6.09 Å². The number of aromatic hydroxyl groups is 1. The first-order valence-corrected chi connectivity index (χ1v) is 10.1. The van der Waals surface area contributed by atoms with E-state index in [0.29, 0.717) is 33.7 Å². The summed E-state index contributed by atoms with van der Waals surface area (Å²) < 4.78 is 9.68. The third-order valence-electron chi connectivity index (χ3n) is 3.99. The Kier molecular flexibility index (Phi) is 6.63. The zero-order valence-electron chi connectivity index (χ0n) is 16.9. The highest BCUT2D eigenvalue weighted by molar-refractivity contribution is 8.15. The molecule has 1 N–H and O–H groups in total. The van der Waals surface area contributed by atoms with Gasteiger partial charge in [0.05, 0.1) is 12.8 Å². The van der Waals surface area contributed by atoms with E-state index in [-0.39, 0.29) is 5.75 Å². The minimum Gasteiger partial charge on any atom is -0.508 e. The second-order valence-electron chi connectivity index (χ2n) is 6.29. The summed E-state index contributed by atoms with van der Waals surface area (Å²) in [5, 5.41) is 14.3. The lowest BCUT2D eigenvalue weighted by atomic mass is 10.1. The van der Waals surface area contributed by atoms with Crippen molar-refractivity contribution < 1.29 is 19.2 Å². The van der Waals surface area contributed by atoms with Gasteiger partial charge >= 0.3 is 6.09 Å². The van der Waals surface area contributed by atoms with E-state index in [1.165, 1.54) is 18.9 Å². The average molecular weight is 424 g/mol. The van der Waals surface area contributed by atoms with Crippen molar-refractivity contribution in [3.8, 4) is 17.1 Å². The summed E-state index contributed by atoms with van der Waals surface area (Å²) in [4.78, 5) is 24.6. The number of rotatable bonds is 4. The fourth-order valence-corrected chi connectivity index (χ4v) is 3.21. The zero-order valence-corrected chi connectivity index (χ0v) is 17.7. The molecule has 1 heterocycles. The molecular weight excluding hydrogens is 404 g/mol. The number of amides is 1. The van der Waals surface area contributed by atoms with Crippen molar-refractivity contribution in [1.82, 2.24) is 10.1 Å². The van der Waals surface area contributed by atoms with Crippen LogP contribution in [0.25, 0.3) is 11.4 Å². The summed E-state index contributed by atoms with van der Waals surface area (Å²) in [6.45, 7) is 3.59. The van der Waals surface area contributed by atoms with Crippen molar-refractivity contribution >= 4 is 34.3 Å². The number of phenolic OH excluding ortho intramolecular Hbond substituents is 1. The van der Waals surface area contributed by atoms with Crippen LogP contribution in [-0.4, -0.2) is 45.5 Å². The van der Waals surface area contributed by atoms with Gasteiger partial charge in [0, 0.05) is 18.1 Å². The molecule has 0 fully saturated rings. The molecule has 0 aliphatic heterocycles. The van der Waals surface area contributed by atoms with Gasteiger partial charge in [0.1, 0.15) is 16.5 Å². The van der Waals surface area contributed by atoms with Gasteiger partial charge in [-0.25, -0.2) is 9.79 Å². The van der Waals surface area contributed by atoms with E-state index in [1.54, 1.807) is 37.4 Å². The first-order chi connectivity index (χ1) is 14.4. The quantitative estimate of drug-likeness (QED) is 0.477. The Morgan fingerprint density at radius 3 is 2.47 bits per heavy atom. The number of hydrogen-bond donors (Lipinski definition) is 1. The van der Waals surface area contributed by atoms with Crippen LogP contribution in [0.4, 0.5) is 10.5 Å². The van der Waals surface area contributed by atoms with E-state index in [2.05, 4.69) is 19.9 Å². The molecular formula is C21H20N4O4S. The van der Waals surface area contributed by atoms with Gasteiger partial charge in [-0.15, -0.1) is 11.8 Å². The number of aryl methyl sites for hydroxylation is 2. The molecule has 154 valence electrons. The van der Waals surface area contributed by atoms with Crippen LogP contribution < -0.4 is 0 Å². The van der Waals surface area contributed by atoms with E-state index in [9.17, 15) is 9.90 Å². The first kappa shape index (κ1) is 21.3. The number of benzene rings is 2. The average Bonchev–Trinajstić information content (AvgIpc) is 3.16. The summed E-state index contributed by atoms with van der Waals surface area (Å²) in [5.41, 5.74) is 3.33. The lowest BCUT2D eigenvalue weighted by molar-refractivity contribution is 0.183. The van der Waals surface area contributed by atoms with Crippen LogP contribution in [-0.2, 0) is 4.74 Å². The monoisotopic (exact) mass is 424 g/mol. The van der Waals surface area contributed by atoms with Crippen molar-refractivity contribution in [2.24, 2.45) is 9.98 Å². The van der Waals surface area contributed by atoms with Gasteiger partial charge in [-0.1, -0.05) is 5.16 Å². The Labute approximate surface area is 177 Å². The molecule has 0 radical (unpaired) electrons. The number of methoxy groups -OCH3 is 1. The molecule has 0 atom stereocenters. The number of carbonyl (C=O) groups is 1. The molecule has 9 heteroatoms. The number of thioether (sulfide) groups is 1. The molecule has 3 aromatic rings. The van der Waals surface area contributed by atoms with Gasteiger partial charge < -0.3 is 14.4 Å². The van der Waals surface area contributed by atoms with Gasteiger partial charge in [-0.05, 0) is 61.2 Å². The lowest BCUT2D eigenvalue weighted by Gasteiger charge is -2.10. The smallest absolute Gasteiger partial charge is 0.434 e. The standard InChI is InChI=1S/C21H20N4O4S/c1-12-9-15(11-17(26)10-12)18(20(30-4)24-21(27)28-3)23-16-7-5-14(6-8-16)19-22-13(2)29-25-19/h5-11,26H,1-4H3. The van der Waals surface area contributed by atoms with E-state index >= 15 is 0 Å². The maximum absolute atomic E-state index is 11.8. The van der Waals surface area contributed by atoms with Gasteiger partial charge in [0.15, 0.2) is 0 Å². The molecule has 0 unspecified atom stereocenters. The Morgan fingerprint density at radius 1 is 1.17 bits per heavy atom. The Bertz CT molecular complexity index is 1100. The van der Waals surface area contributed by atoms with Gasteiger partial charge in [0.2, 0.25) is 11.7 Å². The van der Waals surface area contributed by atoms with E-state index in [1.807, 2.05) is 25.1 Å². The van der Waals surface area contributed by atoms with Crippen LogP contribution in [0.1, 0.15) is 17.0 Å². The van der Waals surface area contributed by atoms with Crippen molar-refractivity contribution in [1.29, 1.82) is 0 Å². The van der Waals surface area contributed by atoms with Gasteiger partial charge in [-0.2, -0.15) is 9.98 Å². The summed E-state index contributed by atoms with van der Waals surface area (Å²) in [6.07, 6.45) is 1.06. The summed E-state index contributed by atoms with van der Waals surface area (Å²) in [5.74, 6) is 1.07. The predicted octanol–water partition coefficient (Wildman–Crippen LogP) is 4.71. The molecule has 0 aliphatic rings. The molecule has 1 aromatic heterocycles. The molecule has 2 aromatic carbocycles. The Morgan fingerprint density at radius 2 is 1.90 bits per heavy atom. The normalized spacial score (nSPS) is 12.1. The maximum atomic E-state index is 11.8. The van der Waals surface area contributed by atoms with Crippen LogP contribution in [0.2, 0.25) is 0 Å². The minimum absolute atomic E-state index is 0.0963. The molecule has 3 rings (SSSR count). The molecule has 8 nitrogen and oxygen atoms in total. The van der Waals surface area contributed by atoms with Gasteiger partial charge in [-0.3, -0.25) is 0 Å². The minimum atomic E-state index is -0.730. The van der Waals surface area contributed by atoms with Crippen LogP contribution in [0.3, 0.4) is 0 Å². The maximum Gasteiger partial charge on any atom is 0.434 e. The third kappa shape index (κ3) is 5.12. The largest absolute Gasteiger partial charge is 0.508 e. The van der Waals surface area contributed by atoms with Crippen molar-refractivity contribution in [2.45, 2.75) is 13.8 Å². The molecule has 0 bridgehead atoms. The fourth-order valence-electron chi connectivity index (χ4n) is 2.69. The van der Waals surface area contributed by atoms with Crippen LogP contribution >= 0.6 is 11.8 Å². The summed E-state index contributed by atoms with van der Waals surface area (Å²) in [6, 6.07) is 12.3. The number of phenols is 1. The summed E-state index contributed by atoms with van der Waals surface area (Å²) in [7, 11) is 1.26. The Hall–Kier alpha value is -3.46. The number of aromatic nitrogens is 2. The number of aliphatic imine (C=N–C) groups is 2. The Balaban J connectivity index is 2.07. The summed E-state index contributed by atoms with van der Waals surface area (Å²) >= 11 is 1.25.